The Balaban J connectivity index is 1.79. The standard InChI is InChI=1S/C17H27NO3/c1-4-14-7-8-16(17(10-14)19-3)21-13(2)11-18-12-15-6-5-9-20-15/h7-8,10,13,15,18H,4-6,9,11-12H2,1-3H3. The molecule has 0 saturated carbocycles. The molecule has 2 atom stereocenters. The maximum Gasteiger partial charge on any atom is 0.161 e. The third-order valence-electron chi connectivity index (χ3n) is 3.79. The maximum absolute atomic E-state index is 5.97. The van der Waals surface area contributed by atoms with E-state index in [9.17, 15) is 0 Å². The van der Waals surface area contributed by atoms with Crippen LogP contribution in [-0.4, -0.2) is 39.0 Å². The first kappa shape index (κ1) is 16.1. The van der Waals surface area contributed by atoms with E-state index >= 15 is 0 Å². The molecule has 2 unspecified atom stereocenters. The van der Waals surface area contributed by atoms with Gasteiger partial charge in [-0.2, -0.15) is 0 Å². The molecule has 0 amide bonds. The van der Waals surface area contributed by atoms with E-state index in [0.29, 0.717) is 6.10 Å². The van der Waals surface area contributed by atoms with Crippen molar-refractivity contribution in [1.82, 2.24) is 5.32 Å². The number of benzene rings is 1. The highest BCUT2D eigenvalue weighted by Gasteiger charge is 2.15. The number of rotatable bonds is 8. The lowest BCUT2D eigenvalue weighted by Gasteiger charge is -2.19. The molecule has 1 aromatic rings. The van der Waals surface area contributed by atoms with Crippen molar-refractivity contribution < 1.29 is 14.2 Å². The predicted octanol–water partition coefficient (Wildman–Crippen LogP) is 2.79. The Morgan fingerprint density at radius 3 is 2.90 bits per heavy atom. The molecule has 0 spiro atoms. The van der Waals surface area contributed by atoms with Crippen molar-refractivity contribution in [1.29, 1.82) is 0 Å². The Morgan fingerprint density at radius 2 is 2.24 bits per heavy atom. The Labute approximate surface area is 127 Å². The smallest absolute Gasteiger partial charge is 0.161 e. The number of methoxy groups -OCH3 is 1. The normalized spacial score (nSPS) is 19.5. The molecular formula is C17H27NO3. The molecule has 0 aromatic heterocycles. The molecule has 1 N–H and O–H groups in total. The predicted molar refractivity (Wildman–Crippen MR) is 84.3 cm³/mol. The van der Waals surface area contributed by atoms with Crippen LogP contribution in [-0.2, 0) is 11.2 Å². The monoisotopic (exact) mass is 293 g/mol. The molecule has 1 aliphatic rings. The zero-order valence-electron chi connectivity index (χ0n) is 13.4. The summed E-state index contributed by atoms with van der Waals surface area (Å²) in [5.41, 5.74) is 1.25. The highest BCUT2D eigenvalue weighted by molar-refractivity contribution is 5.43. The summed E-state index contributed by atoms with van der Waals surface area (Å²) in [7, 11) is 1.68. The Kier molecular flexibility index (Phi) is 6.33. The summed E-state index contributed by atoms with van der Waals surface area (Å²) in [5, 5.41) is 3.42. The van der Waals surface area contributed by atoms with Crippen molar-refractivity contribution in [3.05, 3.63) is 23.8 Å². The second-order valence-electron chi connectivity index (χ2n) is 5.56. The number of hydrogen-bond donors (Lipinski definition) is 1. The summed E-state index contributed by atoms with van der Waals surface area (Å²) in [4.78, 5) is 0. The molecule has 1 aliphatic heterocycles. The van der Waals surface area contributed by atoms with Gasteiger partial charge in [0.25, 0.3) is 0 Å². The summed E-state index contributed by atoms with van der Waals surface area (Å²) >= 11 is 0. The van der Waals surface area contributed by atoms with Gasteiger partial charge in [0.2, 0.25) is 0 Å². The number of ether oxygens (including phenoxy) is 3. The van der Waals surface area contributed by atoms with Gasteiger partial charge in [0, 0.05) is 19.7 Å². The molecule has 1 fully saturated rings. The Hall–Kier alpha value is -1.26. The minimum Gasteiger partial charge on any atom is -0.493 e. The second-order valence-corrected chi connectivity index (χ2v) is 5.56. The van der Waals surface area contributed by atoms with Gasteiger partial charge in [-0.3, -0.25) is 0 Å². The van der Waals surface area contributed by atoms with Crippen LogP contribution in [0.25, 0.3) is 0 Å². The van der Waals surface area contributed by atoms with E-state index in [0.717, 1.165) is 44.0 Å². The number of nitrogens with one attached hydrogen (secondary N) is 1. The van der Waals surface area contributed by atoms with Crippen molar-refractivity contribution in [2.45, 2.75) is 45.3 Å². The van der Waals surface area contributed by atoms with Crippen LogP contribution >= 0.6 is 0 Å². The van der Waals surface area contributed by atoms with E-state index in [2.05, 4.69) is 25.2 Å². The van der Waals surface area contributed by atoms with Crippen LogP contribution in [0.3, 0.4) is 0 Å². The average molecular weight is 293 g/mol. The molecule has 4 heteroatoms. The molecule has 118 valence electrons. The summed E-state index contributed by atoms with van der Waals surface area (Å²) in [6, 6.07) is 6.13. The third kappa shape index (κ3) is 4.90. The van der Waals surface area contributed by atoms with Crippen LogP contribution in [0.2, 0.25) is 0 Å². The molecule has 1 saturated heterocycles. The van der Waals surface area contributed by atoms with E-state index in [1.807, 2.05) is 12.1 Å². The molecule has 21 heavy (non-hydrogen) atoms. The average Bonchev–Trinajstić information content (AvgIpc) is 3.01. The molecule has 0 aliphatic carbocycles. The van der Waals surface area contributed by atoms with E-state index in [-0.39, 0.29) is 6.10 Å². The Bertz CT molecular complexity index is 430. The van der Waals surface area contributed by atoms with Crippen molar-refractivity contribution in [2.75, 3.05) is 26.8 Å². The van der Waals surface area contributed by atoms with Gasteiger partial charge in [-0.25, -0.2) is 0 Å². The number of hydrogen-bond acceptors (Lipinski definition) is 4. The van der Waals surface area contributed by atoms with E-state index in [1.54, 1.807) is 7.11 Å². The third-order valence-corrected chi connectivity index (χ3v) is 3.79. The Morgan fingerprint density at radius 1 is 1.38 bits per heavy atom. The molecule has 0 radical (unpaired) electrons. The topological polar surface area (TPSA) is 39.7 Å². The van der Waals surface area contributed by atoms with Gasteiger partial charge in [0.1, 0.15) is 6.10 Å². The molecule has 1 heterocycles. The van der Waals surface area contributed by atoms with Crippen LogP contribution < -0.4 is 14.8 Å². The summed E-state index contributed by atoms with van der Waals surface area (Å²) in [6.45, 7) is 6.81. The fourth-order valence-electron chi connectivity index (χ4n) is 2.54. The van der Waals surface area contributed by atoms with Crippen LogP contribution in [0.1, 0.15) is 32.3 Å². The first-order chi connectivity index (χ1) is 10.2. The van der Waals surface area contributed by atoms with Gasteiger partial charge in [-0.1, -0.05) is 13.0 Å². The minimum atomic E-state index is 0.0905. The van der Waals surface area contributed by atoms with Crippen LogP contribution in [0.15, 0.2) is 18.2 Å². The van der Waals surface area contributed by atoms with Gasteiger partial charge < -0.3 is 19.5 Å². The fourth-order valence-corrected chi connectivity index (χ4v) is 2.54. The molecule has 0 bridgehead atoms. The van der Waals surface area contributed by atoms with Gasteiger partial charge in [0.15, 0.2) is 11.5 Å². The van der Waals surface area contributed by atoms with Crippen LogP contribution in [0.5, 0.6) is 11.5 Å². The highest BCUT2D eigenvalue weighted by atomic mass is 16.5. The van der Waals surface area contributed by atoms with Crippen molar-refractivity contribution in [3.63, 3.8) is 0 Å². The van der Waals surface area contributed by atoms with Crippen molar-refractivity contribution >= 4 is 0 Å². The zero-order chi connectivity index (χ0) is 15.1. The van der Waals surface area contributed by atoms with Gasteiger partial charge in [-0.05, 0) is 43.9 Å². The SMILES string of the molecule is CCc1ccc(OC(C)CNCC2CCCO2)c(OC)c1. The van der Waals surface area contributed by atoms with E-state index in [1.165, 1.54) is 12.0 Å². The quantitative estimate of drug-likeness (QED) is 0.800. The van der Waals surface area contributed by atoms with E-state index in [4.69, 9.17) is 14.2 Å². The van der Waals surface area contributed by atoms with Gasteiger partial charge in [-0.15, -0.1) is 0 Å². The summed E-state index contributed by atoms with van der Waals surface area (Å²) in [6.07, 6.45) is 3.80. The maximum atomic E-state index is 5.97. The van der Waals surface area contributed by atoms with Crippen LogP contribution in [0.4, 0.5) is 0 Å². The number of aryl methyl sites for hydroxylation is 1. The molecule has 4 nitrogen and oxygen atoms in total. The van der Waals surface area contributed by atoms with Gasteiger partial charge >= 0.3 is 0 Å². The highest BCUT2D eigenvalue weighted by Crippen LogP contribution is 2.29. The van der Waals surface area contributed by atoms with Crippen LogP contribution in [0, 0.1) is 0 Å². The molecular weight excluding hydrogens is 266 g/mol. The van der Waals surface area contributed by atoms with Crippen molar-refractivity contribution in [2.24, 2.45) is 0 Å². The minimum absolute atomic E-state index is 0.0905. The fraction of sp³-hybridized carbons (Fsp3) is 0.647. The lowest BCUT2D eigenvalue weighted by atomic mass is 10.1. The summed E-state index contributed by atoms with van der Waals surface area (Å²) in [5.74, 6) is 1.61. The first-order valence-electron chi connectivity index (χ1n) is 7.88. The van der Waals surface area contributed by atoms with Gasteiger partial charge in [0.05, 0.1) is 13.2 Å². The zero-order valence-corrected chi connectivity index (χ0v) is 13.4. The lowest BCUT2D eigenvalue weighted by molar-refractivity contribution is 0.106. The molecule has 1 aromatic carbocycles. The lowest BCUT2D eigenvalue weighted by Crippen LogP contribution is -2.34. The first-order valence-corrected chi connectivity index (χ1v) is 7.88. The summed E-state index contributed by atoms with van der Waals surface area (Å²) < 4.78 is 17.0. The van der Waals surface area contributed by atoms with Crippen molar-refractivity contribution in [3.8, 4) is 11.5 Å². The molecule has 2 rings (SSSR count). The second kappa shape index (κ2) is 8.25. The largest absolute Gasteiger partial charge is 0.493 e. The van der Waals surface area contributed by atoms with E-state index < -0.39 is 0 Å².